The summed E-state index contributed by atoms with van der Waals surface area (Å²) < 4.78 is 0. The summed E-state index contributed by atoms with van der Waals surface area (Å²) in [4.78, 5) is 30.3. The standard InChI is InChI=1S/C21H24N2O2S/c24-20(10-4-2-7-17-8-5-13-26-17)22-14-19-18-9-3-1-6-16(18)11-12-23(19)21(25)15-22/h1,3,5-6,8-9,13,19H,2,4,7,10-12,14-15H2. The lowest BCUT2D eigenvalue weighted by Gasteiger charge is -2.44. The highest BCUT2D eigenvalue weighted by molar-refractivity contribution is 7.09. The number of aryl methyl sites for hydroxylation is 1. The average Bonchev–Trinajstić information content (AvgIpc) is 3.18. The van der Waals surface area contributed by atoms with Crippen LogP contribution in [0.1, 0.15) is 41.3 Å². The maximum absolute atomic E-state index is 12.6. The van der Waals surface area contributed by atoms with Gasteiger partial charge in [0.2, 0.25) is 11.8 Å². The van der Waals surface area contributed by atoms with E-state index in [0.29, 0.717) is 13.0 Å². The van der Waals surface area contributed by atoms with Crippen LogP contribution in [0.25, 0.3) is 0 Å². The highest BCUT2D eigenvalue weighted by Gasteiger charge is 2.38. The van der Waals surface area contributed by atoms with Gasteiger partial charge in [0, 0.05) is 24.4 Å². The molecule has 4 nitrogen and oxygen atoms in total. The monoisotopic (exact) mass is 368 g/mol. The van der Waals surface area contributed by atoms with Crippen molar-refractivity contribution in [3.63, 3.8) is 0 Å². The maximum atomic E-state index is 12.6. The molecule has 1 atom stereocenters. The molecular formula is C21H24N2O2S. The van der Waals surface area contributed by atoms with Crippen LogP contribution in [0, 0.1) is 0 Å². The lowest BCUT2D eigenvalue weighted by atomic mass is 9.90. The Labute approximate surface area is 158 Å². The van der Waals surface area contributed by atoms with Crippen LogP contribution < -0.4 is 0 Å². The van der Waals surface area contributed by atoms with Crippen molar-refractivity contribution >= 4 is 23.2 Å². The van der Waals surface area contributed by atoms with E-state index in [0.717, 1.165) is 32.2 Å². The minimum absolute atomic E-state index is 0.0243. The van der Waals surface area contributed by atoms with Gasteiger partial charge in [-0.15, -0.1) is 11.3 Å². The normalized spacial score (nSPS) is 19.2. The summed E-state index contributed by atoms with van der Waals surface area (Å²) in [5.41, 5.74) is 2.52. The Kier molecular flexibility index (Phi) is 5.07. The summed E-state index contributed by atoms with van der Waals surface area (Å²) >= 11 is 1.77. The van der Waals surface area contributed by atoms with Crippen LogP contribution in [0.2, 0.25) is 0 Å². The van der Waals surface area contributed by atoms with E-state index < -0.39 is 0 Å². The lowest BCUT2D eigenvalue weighted by Crippen LogP contribution is -2.55. The number of hydrogen-bond donors (Lipinski definition) is 0. The number of thiophene rings is 1. The zero-order valence-corrected chi connectivity index (χ0v) is 15.7. The molecule has 0 spiro atoms. The number of hydrogen-bond acceptors (Lipinski definition) is 3. The van der Waals surface area contributed by atoms with Gasteiger partial charge in [-0.3, -0.25) is 9.59 Å². The first kappa shape index (κ1) is 17.3. The Balaban J connectivity index is 1.36. The van der Waals surface area contributed by atoms with Gasteiger partial charge in [0.05, 0.1) is 12.6 Å². The molecule has 2 aromatic rings. The molecule has 1 aromatic carbocycles. The average molecular weight is 369 g/mol. The first-order valence-corrected chi connectivity index (χ1v) is 10.3. The minimum atomic E-state index is 0.0243. The number of unbranched alkanes of at least 4 members (excludes halogenated alkanes) is 1. The molecule has 5 heteroatoms. The van der Waals surface area contributed by atoms with Gasteiger partial charge in [0.1, 0.15) is 0 Å². The molecule has 0 aliphatic carbocycles. The van der Waals surface area contributed by atoms with Crippen LogP contribution in [-0.2, 0) is 22.4 Å². The van der Waals surface area contributed by atoms with E-state index in [1.165, 1.54) is 16.0 Å². The van der Waals surface area contributed by atoms with Crippen molar-refractivity contribution in [3.05, 3.63) is 57.8 Å². The quantitative estimate of drug-likeness (QED) is 0.759. The van der Waals surface area contributed by atoms with Gasteiger partial charge in [-0.05, 0) is 48.3 Å². The molecule has 0 N–H and O–H groups in total. The van der Waals surface area contributed by atoms with Crippen LogP contribution in [0.15, 0.2) is 41.8 Å². The third-order valence-corrected chi connectivity index (χ3v) is 6.38. The van der Waals surface area contributed by atoms with Crippen molar-refractivity contribution in [2.75, 3.05) is 19.6 Å². The molecule has 1 aromatic heterocycles. The number of rotatable bonds is 5. The van der Waals surface area contributed by atoms with Gasteiger partial charge in [-0.25, -0.2) is 0 Å². The summed E-state index contributed by atoms with van der Waals surface area (Å²) in [7, 11) is 0. The van der Waals surface area contributed by atoms with Crippen LogP contribution in [0.3, 0.4) is 0 Å². The topological polar surface area (TPSA) is 40.6 Å². The van der Waals surface area contributed by atoms with Crippen LogP contribution in [0.4, 0.5) is 0 Å². The number of nitrogens with zero attached hydrogens (tertiary/aromatic N) is 2. The fourth-order valence-corrected chi connectivity index (χ4v) is 4.80. The summed E-state index contributed by atoms with van der Waals surface area (Å²) in [6, 6.07) is 12.6. The predicted molar refractivity (Wildman–Crippen MR) is 103 cm³/mol. The SMILES string of the molecule is O=C(CCCCc1cccs1)N1CC(=O)N2CCc3ccccc3C2C1. The first-order valence-electron chi connectivity index (χ1n) is 9.40. The molecule has 2 aliphatic heterocycles. The molecule has 26 heavy (non-hydrogen) atoms. The zero-order valence-electron chi connectivity index (χ0n) is 14.9. The predicted octanol–water partition coefficient (Wildman–Crippen LogP) is 3.43. The fraction of sp³-hybridized carbons (Fsp3) is 0.429. The maximum Gasteiger partial charge on any atom is 0.242 e. The third-order valence-electron chi connectivity index (χ3n) is 5.45. The lowest BCUT2D eigenvalue weighted by molar-refractivity contribution is -0.149. The van der Waals surface area contributed by atoms with Crippen molar-refractivity contribution in [3.8, 4) is 0 Å². The molecule has 3 heterocycles. The second kappa shape index (κ2) is 7.62. The highest BCUT2D eigenvalue weighted by Crippen LogP contribution is 2.33. The van der Waals surface area contributed by atoms with Gasteiger partial charge < -0.3 is 9.80 Å². The van der Waals surface area contributed by atoms with E-state index in [4.69, 9.17) is 0 Å². The third kappa shape index (κ3) is 3.54. The Hall–Kier alpha value is -2.14. The molecule has 2 amide bonds. The molecule has 1 unspecified atom stereocenters. The molecule has 0 radical (unpaired) electrons. The Morgan fingerprint density at radius 1 is 1.15 bits per heavy atom. The zero-order chi connectivity index (χ0) is 17.9. The molecule has 1 saturated heterocycles. The van der Waals surface area contributed by atoms with Crippen LogP contribution >= 0.6 is 11.3 Å². The molecular weight excluding hydrogens is 344 g/mol. The molecule has 136 valence electrons. The Bertz CT molecular complexity index is 787. The number of carbonyl (C=O) groups excluding carboxylic acids is 2. The summed E-state index contributed by atoms with van der Waals surface area (Å²) in [5.74, 6) is 0.204. The second-order valence-corrected chi connectivity index (χ2v) is 8.14. The van der Waals surface area contributed by atoms with Gasteiger partial charge in [-0.2, -0.15) is 0 Å². The van der Waals surface area contributed by atoms with Crippen molar-refractivity contribution < 1.29 is 9.59 Å². The van der Waals surface area contributed by atoms with Gasteiger partial charge in [0.15, 0.2) is 0 Å². The minimum Gasteiger partial charge on any atom is -0.332 e. The smallest absolute Gasteiger partial charge is 0.242 e. The van der Waals surface area contributed by atoms with Crippen LogP contribution in [-0.4, -0.2) is 41.2 Å². The van der Waals surface area contributed by atoms with E-state index >= 15 is 0 Å². The van der Waals surface area contributed by atoms with Crippen molar-refractivity contribution in [1.82, 2.24) is 9.80 Å². The van der Waals surface area contributed by atoms with E-state index in [1.807, 2.05) is 11.0 Å². The van der Waals surface area contributed by atoms with Crippen LogP contribution in [0.5, 0.6) is 0 Å². The van der Waals surface area contributed by atoms with Crippen molar-refractivity contribution in [2.45, 2.75) is 38.1 Å². The van der Waals surface area contributed by atoms with E-state index in [-0.39, 0.29) is 24.4 Å². The fourth-order valence-electron chi connectivity index (χ4n) is 4.05. The number of benzene rings is 1. The number of amides is 2. The van der Waals surface area contributed by atoms with Gasteiger partial charge in [0.25, 0.3) is 0 Å². The van der Waals surface area contributed by atoms with Gasteiger partial charge in [-0.1, -0.05) is 30.3 Å². The molecule has 0 bridgehead atoms. The largest absolute Gasteiger partial charge is 0.332 e. The van der Waals surface area contributed by atoms with E-state index in [2.05, 4.69) is 35.7 Å². The van der Waals surface area contributed by atoms with E-state index in [9.17, 15) is 9.59 Å². The Morgan fingerprint density at radius 3 is 2.88 bits per heavy atom. The summed E-state index contributed by atoms with van der Waals surface area (Å²) in [6.07, 6.45) is 4.38. The molecule has 0 saturated carbocycles. The van der Waals surface area contributed by atoms with Gasteiger partial charge >= 0.3 is 0 Å². The van der Waals surface area contributed by atoms with E-state index in [1.54, 1.807) is 16.2 Å². The molecule has 2 aliphatic rings. The first-order chi connectivity index (χ1) is 12.7. The highest BCUT2D eigenvalue weighted by atomic mass is 32.1. The summed E-state index contributed by atoms with van der Waals surface area (Å²) in [5, 5.41) is 2.09. The molecule has 4 rings (SSSR count). The number of piperazine rings is 1. The summed E-state index contributed by atoms with van der Waals surface area (Å²) in [6.45, 7) is 1.64. The number of carbonyl (C=O) groups is 2. The van der Waals surface area contributed by atoms with Crippen molar-refractivity contribution in [2.24, 2.45) is 0 Å². The molecule has 1 fully saturated rings. The number of fused-ring (bicyclic) bond motifs is 3. The van der Waals surface area contributed by atoms with Crippen molar-refractivity contribution in [1.29, 1.82) is 0 Å². The Morgan fingerprint density at radius 2 is 2.04 bits per heavy atom. The second-order valence-electron chi connectivity index (χ2n) is 7.11.